The molecule has 0 unspecified atom stereocenters. The van der Waals surface area contributed by atoms with Gasteiger partial charge in [-0.05, 0) is 42.2 Å². The molecule has 0 spiro atoms. The van der Waals surface area contributed by atoms with Crippen molar-refractivity contribution >= 4 is 41.2 Å². The monoisotopic (exact) mass is 622 g/mol. The van der Waals surface area contributed by atoms with Gasteiger partial charge in [-0.15, -0.1) is 0 Å². The average Bonchev–Trinajstić information content (AvgIpc) is 3.15. The van der Waals surface area contributed by atoms with Crippen molar-refractivity contribution in [2.24, 2.45) is 4.40 Å². The smallest absolute Gasteiger partial charge is 0.164 e. The lowest BCUT2D eigenvalue weighted by Gasteiger charge is -2.20. The maximum Gasteiger partial charge on any atom is 0.164 e. The van der Waals surface area contributed by atoms with Crippen LogP contribution in [0.2, 0.25) is 0 Å². The molecule has 0 fully saturated rings. The van der Waals surface area contributed by atoms with Gasteiger partial charge in [0.05, 0.1) is 16.9 Å². The van der Waals surface area contributed by atoms with E-state index in [2.05, 4.69) is 59.7 Å². The number of nitrogens with one attached hydrogen (secondary N) is 1. The Bertz CT molecular complexity index is 2290. The second-order valence-corrected chi connectivity index (χ2v) is 11.4. The van der Waals surface area contributed by atoms with E-state index in [0.29, 0.717) is 28.9 Å². The standard InChI is InChI=1S/C40H26N6S/c41-33-23-22-32-35(37(33)46-47)31-21-20-30(24-34(31)42-36(32)26-10-4-1-5-11-26)25-16-18-29(19-17-25)40-44-38(27-12-6-2-7-13-27)43-39(45-40)28-14-8-3-9-15-28/h1-24,41,47H/b41-33?,46-37+. The van der Waals surface area contributed by atoms with Gasteiger partial charge in [-0.1, -0.05) is 127 Å². The number of benzene rings is 5. The average molecular weight is 623 g/mol. The molecule has 47 heavy (non-hydrogen) atoms. The third kappa shape index (κ3) is 5.32. The Balaban J connectivity index is 1.22. The molecule has 5 aromatic carbocycles. The van der Waals surface area contributed by atoms with Gasteiger partial charge in [-0.3, -0.25) is 5.41 Å². The number of allylic oxidation sites excluding steroid dienone is 1. The van der Waals surface area contributed by atoms with E-state index in [-0.39, 0.29) is 0 Å². The fourth-order valence-electron chi connectivity index (χ4n) is 5.93. The first-order chi connectivity index (χ1) is 23.2. The van der Waals surface area contributed by atoms with Crippen molar-refractivity contribution < 1.29 is 0 Å². The van der Waals surface area contributed by atoms with Crippen LogP contribution in [0.5, 0.6) is 0 Å². The van der Waals surface area contributed by atoms with Crippen molar-refractivity contribution in [1.82, 2.24) is 19.9 Å². The van der Waals surface area contributed by atoms with Crippen LogP contribution in [0.1, 0.15) is 11.1 Å². The first-order valence-corrected chi connectivity index (χ1v) is 15.6. The summed E-state index contributed by atoms with van der Waals surface area (Å²) in [6, 6.07) is 44.6. The van der Waals surface area contributed by atoms with Crippen molar-refractivity contribution in [3.63, 3.8) is 0 Å². The lowest BCUT2D eigenvalue weighted by atomic mass is 9.87. The number of fused-ring (bicyclic) bond motifs is 3. The predicted molar refractivity (Wildman–Crippen MR) is 195 cm³/mol. The van der Waals surface area contributed by atoms with Gasteiger partial charge in [-0.2, -0.15) is 0 Å². The van der Waals surface area contributed by atoms with Gasteiger partial charge in [0.15, 0.2) is 17.5 Å². The predicted octanol–water partition coefficient (Wildman–Crippen LogP) is 9.44. The van der Waals surface area contributed by atoms with Crippen LogP contribution in [0.25, 0.3) is 73.5 Å². The van der Waals surface area contributed by atoms with Crippen LogP contribution in [0.4, 0.5) is 0 Å². The molecule has 2 aromatic heterocycles. The molecule has 0 saturated heterocycles. The largest absolute Gasteiger partial charge is 0.299 e. The molecule has 1 aliphatic rings. The Morgan fingerprint density at radius 3 is 1.53 bits per heavy atom. The number of thiol groups is 1. The van der Waals surface area contributed by atoms with E-state index in [1.165, 1.54) is 0 Å². The van der Waals surface area contributed by atoms with Gasteiger partial charge in [0.2, 0.25) is 0 Å². The number of rotatable bonds is 5. The van der Waals surface area contributed by atoms with Crippen LogP contribution >= 0.6 is 12.8 Å². The van der Waals surface area contributed by atoms with E-state index in [9.17, 15) is 0 Å². The first kappa shape index (κ1) is 28.4. The minimum absolute atomic E-state index is 0.322. The summed E-state index contributed by atoms with van der Waals surface area (Å²) in [7, 11) is 0. The quantitative estimate of drug-likeness (QED) is 0.187. The molecule has 2 heterocycles. The lowest BCUT2D eigenvalue weighted by Crippen LogP contribution is -2.18. The Morgan fingerprint density at radius 1 is 0.489 bits per heavy atom. The maximum absolute atomic E-state index is 8.52. The van der Waals surface area contributed by atoms with E-state index in [1.54, 1.807) is 6.08 Å². The number of pyridine rings is 1. The third-order valence-corrected chi connectivity index (χ3v) is 8.46. The zero-order valence-corrected chi connectivity index (χ0v) is 25.9. The molecule has 222 valence electrons. The normalized spacial score (nSPS) is 13.2. The zero-order valence-electron chi connectivity index (χ0n) is 25.0. The molecule has 0 saturated carbocycles. The Labute approximate surface area is 277 Å². The molecule has 1 N–H and O–H groups in total. The number of hydrogen-bond acceptors (Lipinski definition) is 7. The number of nitrogens with zero attached hydrogens (tertiary/aromatic N) is 5. The fourth-order valence-corrected chi connectivity index (χ4v) is 6.13. The van der Waals surface area contributed by atoms with Crippen LogP contribution in [0.15, 0.2) is 144 Å². The molecule has 0 aliphatic heterocycles. The van der Waals surface area contributed by atoms with Crippen molar-refractivity contribution in [3.05, 3.63) is 151 Å². The highest BCUT2D eigenvalue weighted by Gasteiger charge is 2.24. The molecular weight excluding hydrogens is 597 g/mol. The summed E-state index contributed by atoms with van der Waals surface area (Å²) in [6.07, 6.45) is 3.71. The Kier molecular flexibility index (Phi) is 7.28. The van der Waals surface area contributed by atoms with E-state index >= 15 is 0 Å². The van der Waals surface area contributed by atoms with E-state index in [4.69, 9.17) is 25.3 Å². The van der Waals surface area contributed by atoms with E-state index < -0.39 is 0 Å². The van der Waals surface area contributed by atoms with Gasteiger partial charge < -0.3 is 0 Å². The summed E-state index contributed by atoms with van der Waals surface area (Å²) < 4.78 is 4.22. The Morgan fingerprint density at radius 2 is 0.979 bits per heavy atom. The molecule has 8 rings (SSSR count). The second kappa shape index (κ2) is 12.0. The minimum Gasteiger partial charge on any atom is -0.299 e. The van der Waals surface area contributed by atoms with Crippen molar-refractivity contribution in [1.29, 1.82) is 5.41 Å². The first-order valence-electron chi connectivity index (χ1n) is 15.2. The minimum atomic E-state index is 0.322. The van der Waals surface area contributed by atoms with Crippen LogP contribution in [0, 0.1) is 5.41 Å². The molecule has 0 bridgehead atoms. The van der Waals surface area contributed by atoms with Crippen LogP contribution < -0.4 is 0 Å². The van der Waals surface area contributed by atoms with Gasteiger partial charge >= 0.3 is 0 Å². The highest BCUT2D eigenvalue weighted by atomic mass is 32.1. The summed E-state index contributed by atoms with van der Waals surface area (Å²) in [5.41, 5.74) is 10.1. The second-order valence-electron chi connectivity index (χ2n) is 11.2. The molecule has 0 amide bonds. The number of aromatic nitrogens is 4. The van der Waals surface area contributed by atoms with Gasteiger partial charge in [0.1, 0.15) is 5.71 Å². The van der Waals surface area contributed by atoms with Gasteiger partial charge in [0.25, 0.3) is 0 Å². The van der Waals surface area contributed by atoms with Crippen molar-refractivity contribution in [3.8, 4) is 56.5 Å². The Hall–Kier alpha value is -6.05. The van der Waals surface area contributed by atoms with Gasteiger partial charge in [0, 0.05) is 38.8 Å². The molecule has 1 aliphatic carbocycles. The highest BCUT2D eigenvalue weighted by Crippen LogP contribution is 2.36. The fraction of sp³-hybridized carbons (Fsp3) is 0. The van der Waals surface area contributed by atoms with Crippen molar-refractivity contribution in [2.45, 2.75) is 0 Å². The summed E-state index contributed by atoms with van der Waals surface area (Å²) >= 11 is 4.24. The topological polar surface area (TPSA) is 87.8 Å². The molecule has 0 atom stereocenters. The molecule has 0 radical (unpaired) electrons. The molecular formula is C40H26N6S. The summed E-state index contributed by atoms with van der Waals surface area (Å²) in [4.78, 5) is 19.7. The van der Waals surface area contributed by atoms with E-state index in [1.807, 2.05) is 97.1 Å². The zero-order chi connectivity index (χ0) is 31.7. The molecule has 7 aromatic rings. The molecule has 6 nitrogen and oxygen atoms in total. The van der Waals surface area contributed by atoms with Crippen LogP contribution in [0.3, 0.4) is 0 Å². The maximum atomic E-state index is 8.52. The van der Waals surface area contributed by atoms with Crippen LogP contribution in [-0.4, -0.2) is 31.4 Å². The summed E-state index contributed by atoms with van der Waals surface area (Å²) in [6.45, 7) is 0. The lowest BCUT2D eigenvalue weighted by molar-refractivity contribution is 1.07. The van der Waals surface area contributed by atoms with E-state index in [0.717, 1.165) is 61.1 Å². The third-order valence-electron chi connectivity index (χ3n) is 8.26. The summed E-state index contributed by atoms with van der Waals surface area (Å²) in [5, 5.41) is 9.44. The molecule has 7 heteroatoms. The van der Waals surface area contributed by atoms with Crippen LogP contribution in [-0.2, 0) is 0 Å². The SMILES string of the molecule is N=C1C=Cc2c(-c3ccccc3)nc3cc(-c4ccc(-c5nc(-c6ccccc6)nc(-c6ccccc6)n5)cc4)ccc3c2/C1=N/S. The number of hydrogen-bond donors (Lipinski definition) is 2. The summed E-state index contributed by atoms with van der Waals surface area (Å²) in [5.74, 6) is 1.87. The highest BCUT2D eigenvalue weighted by molar-refractivity contribution is 7.79. The van der Waals surface area contributed by atoms with Crippen molar-refractivity contribution in [2.75, 3.05) is 0 Å². The van der Waals surface area contributed by atoms with Gasteiger partial charge in [-0.25, -0.2) is 24.3 Å².